The van der Waals surface area contributed by atoms with Crippen molar-refractivity contribution in [3.63, 3.8) is 0 Å². The number of nitrogens with zero attached hydrogens (tertiary/aromatic N) is 2. The standard InChI is InChI=1S/C10H12BrClN2O2S/c11-9-6-8(7-13-10(9)12)17(15,16)14-4-2-1-3-5-14/h6-7H,1-5H2. The molecule has 0 atom stereocenters. The molecule has 1 saturated heterocycles. The smallest absolute Gasteiger partial charge is 0.242 e. The van der Waals surface area contributed by atoms with Crippen molar-refractivity contribution in [3.05, 3.63) is 21.9 Å². The molecule has 0 spiro atoms. The molecule has 0 saturated carbocycles. The first-order valence-corrected chi connectivity index (χ1v) is 7.94. The Labute approximate surface area is 114 Å². The second-order valence-electron chi connectivity index (χ2n) is 3.91. The van der Waals surface area contributed by atoms with Gasteiger partial charge in [-0.25, -0.2) is 13.4 Å². The van der Waals surface area contributed by atoms with E-state index in [-0.39, 0.29) is 10.0 Å². The summed E-state index contributed by atoms with van der Waals surface area (Å²) in [5.41, 5.74) is 0. The molecule has 4 nitrogen and oxygen atoms in total. The van der Waals surface area contributed by atoms with E-state index in [1.165, 1.54) is 16.6 Å². The van der Waals surface area contributed by atoms with Crippen molar-refractivity contribution >= 4 is 37.6 Å². The van der Waals surface area contributed by atoms with E-state index >= 15 is 0 Å². The maximum absolute atomic E-state index is 12.3. The van der Waals surface area contributed by atoms with E-state index in [9.17, 15) is 8.42 Å². The molecule has 1 aliphatic heterocycles. The van der Waals surface area contributed by atoms with Gasteiger partial charge in [0.05, 0.1) is 4.47 Å². The van der Waals surface area contributed by atoms with E-state index in [0.717, 1.165) is 19.3 Å². The summed E-state index contributed by atoms with van der Waals surface area (Å²) in [5.74, 6) is 0. The Kier molecular flexibility index (Phi) is 4.07. The molecule has 0 radical (unpaired) electrons. The van der Waals surface area contributed by atoms with Crippen molar-refractivity contribution in [1.82, 2.24) is 9.29 Å². The monoisotopic (exact) mass is 338 g/mol. The van der Waals surface area contributed by atoms with Gasteiger partial charge in [-0.05, 0) is 34.8 Å². The highest BCUT2D eigenvalue weighted by atomic mass is 79.9. The van der Waals surface area contributed by atoms with Crippen molar-refractivity contribution in [1.29, 1.82) is 0 Å². The fraction of sp³-hybridized carbons (Fsp3) is 0.500. The Morgan fingerprint density at radius 2 is 1.94 bits per heavy atom. The number of halogens is 2. The number of hydrogen-bond donors (Lipinski definition) is 0. The van der Waals surface area contributed by atoms with Gasteiger partial charge in [0.25, 0.3) is 0 Å². The van der Waals surface area contributed by atoms with Crippen LogP contribution in [0.4, 0.5) is 0 Å². The van der Waals surface area contributed by atoms with Crippen LogP contribution in [0.25, 0.3) is 0 Å². The first kappa shape index (κ1) is 13.3. The molecule has 0 aromatic carbocycles. The van der Waals surface area contributed by atoms with Crippen molar-refractivity contribution in [2.24, 2.45) is 0 Å². The van der Waals surface area contributed by atoms with Gasteiger partial charge in [-0.15, -0.1) is 0 Å². The average molecular weight is 340 g/mol. The van der Waals surface area contributed by atoms with Gasteiger partial charge in [-0.2, -0.15) is 4.31 Å². The molecule has 0 bridgehead atoms. The highest BCUT2D eigenvalue weighted by Crippen LogP contribution is 2.26. The molecule has 1 aliphatic rings. The lowest BCUT2D eigenvalue weighted by atomic mass is 10.2. The summed E-state index contributed by atoms with van der Waals surface area (Å²) < 4.78 is 26.6. The van der Waals surface area contributed by atoms with Crippen LogP contribution in [0.15, 0.2) is 21.6 Å². The second kappa shape index (κ2) is 5.22. The predicted octanol–water partition coefficient (Wildman–Crippen LogP) is 2.67. The highest BCUT2D eigenvalue weighted by Gasteiger charge is 2.26. The van der Waals surface area contributed by atoms with E-state index < -0.39 is 10.0 Å². The van der Waals surface area contributed by atoms with Gasteiger partial charge < -0.3 is 0 Å². The number of sulfonamides is 1. The molecule has 1 fully saturated rings. The molecule has 0 aliphatic carbocycles. The zero-order valence-corrected chi connectivity index (χ0v) is 12.2. The van der Waals surface area contributed by atoms with Crippen molar-refractivity contribution in [2.75, 3.05) is 13.1 Å². The summed E-state index contributed by atoms with van der Waals surface area (Å²) in [6.45, 7) is 1.17. The summed E-state index contributed by atoms with van der Waals surface area (Å²) >= 11 is 8.94. The molecule has 0 amide bonds. The van der Waals surface area contributed by atoms with Crippen LogP contribution in [0.3, 0.4) is 0 Å². The summed E-state index contributed by atoms with van der Waals surface area (Å²) in [6.07, 6.45) is 4.23. The second-order valence-corrected chi connectivity index (χ2v) is 7.06. The Hall–Kier alpha value is -0.170. The van der Waals surface area contributed by atoms with Gasteiger partial charge in [-0.3, -0.25) is 0 Å². The normalized spacial score (nSPS) is 18.2. The van der Waals surface area contributed by atoms with Gasteiger partial charge in [0.15, 0.2) is 0 Å². The van der Waals surface area contributed by atoms with E-state index in [4.69, 9.17) is 11.6 Å². The molecule has 94 valence electrons. The van der Waals surface area contributed by atoms with Crippen LogP contribution in [-0.2, 0) is 10.0 Å². The Morgan fingerprint density at radius 1 is 1.29 bits per heavy atom. The fourth-order valence-corrected chi connectivity index (χ4v) is 3.89. The summed E-state index contributed by atoms with van der Waals surface area (Å²) in [4.78, 5) is 4.04. The maximum Gasteiger partial charge on any atom is 0.244 e. The predicted molar refractivity (Wildman–Crippen MR) is 69.6 cm³/mol. The van der Waals surface area contributed by atoms with Gasteiger partial charge in [0.2, 0.25) is 10.0 Å². The summed E-state index contributed by atoms with van der Waals surface area (Å²) in [5, 5.41) is 0.266. The Bertz CT molecular complexity index is 515. The van der Waals surface area contributed by atoms with Crippen LogP contribution < -0.4 is 0 Å². The quantitative estimate of drug-likeness (QED) is 0.778. The van der Waals surface area contributed by atoms with E-state index in [1.54, 1.807) is 0 Å². The first-order chi connectivity index (χ1) is 8.01. The molecule has 7 heteroatoms. The first-order valence-electron chi connectivity index (χ1n) is 5.33. The molecule has 2 rings (SSSR count). The van der Waals surface area contributed by atoms with Gasteiger partial charge >= 0.3 is 0 Å². The summed E-state index contributed by atoms with van der Waals surface area (Å²) in [7, 11) is -3.42. The number of aromatic nitrogens is 1. The zero-order chi connectivity index (χ0) is 12.5. The van der Waals surface area contributed by atoms with Gasteiger partial charge in [0, 0.05) is 19.3 Å². The minimum absolute atomic E-state index is 0.190. The van der Waals surface area contributed by atoms with Gasteiger partial charge in [-0.1, -0.05) is 18.0 Å². The van der Waals surface area contributed by atoms with Crippen molar-refractivity contribution < 1.29 is 8.42 Å². The zero-order valence-electron chi connectivity index (χ0n) is 9.07. The molecule has 2 heterocycles. The lowest BCUT2D eigenvalue weighted by molar-refractivity contribution is 0.346. The molecule has 1 aromatic heterocycles. The molecule has 17 heavy (non-hydrogen) atoms. The lowest BCUT2D eigenvalue weighted by Crippen LogP contribution is -2.35. The lowest BCUT2D eigenvalue weighted by Gasteiger charge is -2.25. The highest BCUT2D eigenvalue weighted by molar-refractivity contribution is 9.10. The minimum atomic E-state index is -3.42. The van der Waals surface area contributed by atoms with Crippen LogP contribution in [0.2, 0.25) is 5.15 Å². The van der Waals surface area contributed by atoms with Crippen LogP contribution >= 0.6 is 27.5 Å². The van der Waals surface area contributed by atoms with E-state index in [1.807, 2.05) is 0 Å². The SMILES string of the molecule is O=S(=O)(c1cnc(Cl)c(Br)c1)N1CCCCC1. The molecular formula is C10H12BrClN2O2S. The van der Waals surface area contributed by atoms with Crippen molar-refractivity contribution in [2.45, 2.75) is 24.2 Å². The van der Waals surface area contributed by atoms with Crippen LogP contribution in [0.1, 0.15) is 19.3 Å². The van der Waals surface area contributed by atoms with Crippen LogP contribution in [0.5, 0.6) is 0 Å². The number of rotatable bonds is 2. The summed E-state index contributed by atoms with van der Waals surface area (Å²) in [6, 6.07) is 1.50. The minimum Gasteiger partial charge on any atom is -0.242 e. The average Bonchev–Trinajstić information content (AvgIpc) is 2.33. The van der Waals surface area contributed by atoms with Crippen LogP contribution in [-0.4, -0.2) is 30.8 Å². The number of hydrogen-bond acceptors (Lipinski definition) is 3. The number of piperidine rings is 1. The van der Waals surface area contributed by atoms with E-state index in [2.05, 4.69) is 20.9 Å². The molecule has 0 N–H and O–H groups in total. The van der Waals surface area contributed by atoms with E-state index in [0.29, 0.717) is 17.6 Å². The third-order valence-electron chi connectivity index (χ3n) is 2.72. The molecule has 1 aromatic rings. The number of pyridine rings is 1. The fourth-order valence-electron chi connectivity index (χ4n) is 1.80. The van der Waals surface area contributed by atoms with Crippen LogP contribution in [0, 0.1) is 0 Å². The third-order valence-corrected chi connectivity index (χ3v) is 5.72. The van der Waals surface area contributed by atoms with Crippen molar-refractivity contribution in [3.8, 4) is 0 Å². The Morgan fingerprint density at radius 3 is 2.53 bits per heavy atom. The molecule has 0 unspecified atom stereocenters. The van der Waals surface area contributed by atoms with Gasteiger partial charge in [0.1, 0.15) is 10.0 Å². The maximum atomic E-state index is 12.3. The Balaban J connectivity index is 2.33. The molecular weight excluding hydrogens is 328 g/mol. The topological polar surface area (TPSA) is 50.3 Å². The third kappa shape index (κ3) is 2.81. The largest absolute Gasteiger partial charge is 0.244 e.